The van der Waals surface area contributed by atoms with E-state index < -0.39 is 0 Å². The molecular weight excluding hydrogens is 308 g/mol. The Labute approximate surface area is 131 Å². The highest BCUT2D eigenvalue weighted by Crippen LogP contribution is 2.33. The molecule has 3 heterocycles. The third-order valence-corrected chi connectivity index (χ3v) is 4.32. The van der Waals surface area contributed by atoms with Crippen molar-refractivity contribution in [3.05, 3.63) is 23.0 Å². The number of carbonyl (C=O) groups excluding carboxylic acids is 1. The Morgan fingerprint density at radius 2 is 2.45 bits per heavy atom. The van der Waals surface area contributed by atoms with Crippen LogP contribution in [0.5, 0.6) is 0 Å². The summed E-state index contributed by atoms with van der Waals surface area (Å²) in [5, 5.41) is 13.1. The normalized spacial score (nSPS) is 17.8. The van der Waals surface area contributed by atoms with E-state index in [1.165, 1.54) is 28.5 Å². The highest BCUT2D eigenvalue weighted by molar-refractivity contribution is 7.15. The molecular formula is C13H16N4O4S. The van der Waals surface area contributed by atoms with E-state index in [2.05, 4.69) is 15.4 Å². The molecule has 3 rings (SSSR count). The second-order valence-corrected chi connectivity index (χ2v) is 5.74. The Morgan fingerprint density at radius 3 is 3.14 bits per heavy atom. The van der Waals surface area contributed by atoms with Gasteiger partial charge in [0.15, 0.2) is 0 Å². The van der Waals surface area contributed by atoms with Crippen LogP contribution < -0.4 is 4.90 Å². The van der Waals surface area contributed by atoms with E-state index in [1.54, 1.807) is 7.11 Å². The van der Waals surface area contributed by atoms with Crippen LogP contribution in [-0.4, -0.2) is 48.1 Å². The Kier molecular flexibility index (Phi) is 4.76. The van der Waals surface area contributed by atoms with Crippen LogP contribution in [0.3, 0.4) is 0 Å². The van der Waals surface area contributed by atoms with Crippen LogP contribution in [0.15, 0.2) is 16.8 Å². The predicted molar refractivity (Wildman–Crippen MR) is 77.9 cm³/mol. The van der Waals surface area contributed by atoms with Crippen molar-refractivity contribution in [1.82, 2.24) is 15.4 Å². The molecule has 9 heteroatoms. The van der Waals surface area contributed by atoms with Crippen LogP contribution in [0.4, 0.5) is 5.13 Å². The predicted octanol–water partition coefficient (Wildman–Crippen LogP) is 1.67. The fourth-order valence-electron chi connectivity index (χ4n) is 2.16. The first-order valence-corrected chi connectivity index (χ1v) is 7.77. The number of carbonyl (C=O) groups is 1. The number of aromatic nitrogens is 3. The van der Waals surface area contributed by atoms with Crippen molar-refractivity contribution in [2.75, 3.05) is 31.8 Å². The highest BCUT2D eigenvalue weighted by atomic mass is 32.1. The highest BCUT2D eigenvalue weighted by Gasteiger charge is 2.27. The van der Waals surface area contributed by atoms with E-state index >= 15 is 0 Å². The lowest BCUT2D eigenvalue weighted by molar-refractivity contribution is 0.0940. The van der Waals surface area contributed by atoms with Gasteiger partial charge in [-0.05, 0) is 12.8 Å². The van der Waals surface area contributed by atoms with Gasteiger partial charge in [0.1, 0.15) is 11.1 Å². The first-order chi connectivity index (χ1) is 10.8. The van der Waals surface area contributed by atoms with Crippen molar-refractivity contribution >= 4 is 22.4 Å². The van der Waals surface area contributed by atoms with Crippen molar-refractivity contribution in [2.45, 2.75) is 18.9 Å². The molecule has 0 N–H and O–H groups in total. The second-order valence-electron chi connectivity index (χ2n) is 4.75. The molecule has 8 nitrogen and oxygen atoms in total. The molecule has 0 unspecified atom stereocenters. The molecule has 118 valence electrons. The zero-order chi connectivity index (χ0) is 15.4. The SMILES string of the molecule is COCCN(C(=O)c1ccno1)c1nnc([C@H]2CCCO2)s1. The topological polar surface area (TPSA) is 90.6 Å². The Hall–Kier alpha value is -1.84. The van der Waals surface area contributed by atoms with Gasteiger partial charge < -0.3 is 14.0 Å². The summed E-state index contributed by atoms with van der Waals surface area (Å²) < 4.78 is 15.6. The molecule has 22 heavy (non-hydrogen) atoms. The maximum atomic E-state index is 12.5. The van der Waals surface area contributed by atoms with Crippen molar-refractivity contribution in [3.8, 4) is 0 Å². The summed E-state index contributed by atoms with van der Waals surface area (Å²) in [6.45, 7) is 1.48. The van der Waals surface area contributed by atoms with Crippen LogP contribution >= 0.6 is 11.3 Å². The fourth-order valence-corrected chi connectivity index (χ4v) is 3.12. The van der Waals surface area contributed by atoms with E-state index in [-0.39, 0.29) is 17.8 Å². The largest absolute Gasteiger partial charge is 0.383 e. The van der Waals surface area contributed by atoms with Gasteiger partial charge in [0.05, 0.1) is 19.3 Å². The second kappa shape index (κ2) is 6.95. The zero-order valence-electron chi connectivity index (χ0n) is 12.1. The molecule has 0 spiro atoms. The summed E-state index contributed by atoms with van der Waals surface area (Å²) in [6.07, 6.45) is 3.36. The monoisotopic (exact) mass is 324 g/mol. The smallest absolute Gasteiger partial charge is 0.298 e. The lowest BCUT2D eigenvalue weighted by Crippen LogP contribution is -2.33. The fraction of sp³-hybridized carbons (Fsp3) is 0.538. The maximum Gasteiger partial charge on any atom is 0.298 e. The van der Waals surface area contributed by atoms with Crippen molar-refractivity contribution < 1.29 is 18.8 Å². The molecule has 1 amide bonds. The van der Waals surface area contributed by atoms with Gasteiger partial charge in [-0.2, -0.15) is 0 Å². The summed E-state index contributed by atoms with van der Waals surface area (Å²) in [7, 11) is 1.58. The number of nitrogens with zero attached hydrogens (tertiary/aromatic N) is 4. The number of hydrogen-bond donors (Lipinski definition) is 0. The molecule has 0 radical (unpaired) electrons. The molecule has 0 aromatic carbocycles. The molecule has 0 bridgehead atoms. The Bertz CT molecular complexity index is 609. The van der Waals surface area contributed by atoms with Gasteiger partial charge in [-0.1, -0.05) is 16.5 Å². The molecule has 1 atom stereocenters. The van der Waals surface area contributed by atoms with Crippen LogP contribution in [0.25, 0.3) is 0 Å². The standard InChI is InChI=1S/C13H16N4O4S/c1-19-8-6-17(12(18)10-4-5-14-21-10)13-16-15-11(22-13)9-3-2-7-20-9/h4-5,9H,2-3,6-8H2,1H3/t9-/m1/s1. The third-order valence-electron chi connectivity index (χ3n) is 3.28. The molecule has 1 aliphatic heterocycles. The Balaban J connectivity index is 1.80. The van der Waals surface area contributed by atoms with Crippen LogP contribution in [0, 0.1) is 0 Å². The number of methoxy groups -OCH3 is 1. The molecule has 2 aromatic rings. The maximum absolute atomic E-state index is 12.5. The summed E-state index contributed by atoms with van der Waals surface area (Å²) in [4.78, 5) is 14.0. The lowest BCUT2D eigenvalue weighted by atomic mass is 10.2. The summed E-state index contributed by atoms with van der Waals surface area (Å²) in [6, 6.07) is 1.52. The van der Waals surface area contributed by atoms with E-state index in [1.807, 2.05) is 0 Å². The van der Waals surface area contributed by atoms with Crippen LogP contribution in [0.2, 0.25) is 0 Å². The minimum Gasteiger partial charge on any atom is -0.383 e. The summed E-state index contributed by atoms with van der Waals surface area (Å²) in [5.41, 5.74) is 0. The number of amides is 1. The molecule has 1 fully saturated rings. The quantitative estimate of drug-likeness (QED) is 0.798. The first-order valence-electron chi connectivity index (χ1n) is 6.96. The van der Waals surface area contributed by atoms with Gasteiger partial charge in [0.25, 0.3) is 5.91 Å². The van der Waals surface area contributed by atoms with Gasteiger partial charge in [-0.25, -0.2) is 0 Å². The van der Waals surface area contributed by atoms with E-state index in [9.17, 15) is 4.79 Å². The van der Waals surface area contributed by atoms with Gasteiger partial charge in [-0.15, -0.1) is 10.2 Å². The zero-order valence-corrected chi connectivity index (χ0v) is 12.9. The summed E-state index contributed by atoms with van der Waals surface area (Å²) in [5.74, 6) is -0.158. The van der Waals surface area contributed by atoms with E-state index in [0.29, 0.717) is 18.3 Å². The average molecular weight is 324 g/mol. The Morgan fingerprint density at radius 1 is 1.55 bits per heavy atom. The molecule has 1 saturated heterocycles. The summed E-state index contributed by atoms with van der Waals surface area (Å²) >= 11 is 1.35. The van der Waals surface area contributed by atoms with Crippen molar-refractivity contribution in [3.63, 3.8) is 0 Å². The van der Waals surface area contributed by atoms with Gasteiger partial charge >= 0.3 is 0 Å². The molecule has 0 saturated carbocycles. The van der Waals surface area contributed by atoms with Gasteiger partial charge in [0, 0.05) is 19.8 Å². The van der Waals surface area contributed by atoms with Gasteiger partial charge in [0.2, 0.25) is 10.9 Å². The number of ether oxygens (including phenoxy) is 2. The minimum absolute atomic E-state index is 0.0177. The first kappa shape index (κ1) is 15.1. The van der Waals surface area contributed by atoms with Crippen LogP contribution in [-0.2, 0) is 9.47 Å². The van der Waals surface area contributed by atoms with E-state index in [0.717, 1.165) is 24.5 Å². The van der Waals surface area contributed by atoms with Crippen molar-refractivity contribution in [1.29, 1.82) is 0 Å². The molecule has 0 aliphatic carbocycles. The molecule has 2 aromatic heterocycles. The van der Waals surface area contributed by atoms with Gasteiger partial charge in [-0.3, -0.25) is 9.69 Å². The minimum atomic E-state index is -0.315. The van der Waals surface area contributed by atoms with Crippen LogP contribution in [0.1, 0.15) is 34.5 Å². The number of anilines is 1. The number of rotatable bonds is 6. The third kappa shape index (κ3) is 3.16. The molecule has 1 aliphatic rings. The average Bonchev–Trinajstić information content (AvgIpc) is 3.27. The lowest BCUT2D eigenvalue weighted by Gasteiger charge is -2.17. The van der Waals surface area contributed by atoms with Crippen molar-refractivity contribution in [2.24, 2.45) is 0 Å². The van der Waals surface area contributed by atoms with E-state index in [4.69, 9.17) is 14.0 Å². The number of hydrogen-bond acceptors (Lipinski definition) is 8.